The van der Waals surface area contributed by atoms with Gasteiger partial charge in [0.25, 0.3) is 0 Å². The average Bonchev–Trinajstić information content (AvgIpc) is 2.32. The third-order valence-corrected chi connectivity index (χ3v) is 2.72. The monoisotopic (exact) mass is 243 g/mol. The van der Waals surface area contributed by atoms with Crippen LogP contribution in [-0.4, -0.2) is 41.9 Å². The van der Waals surface area contributed by atoms with E-state index in [1.54, 1.807) is 18.3 Å². The van der Waals surface area contributed by atoms with Gasteiger partial charge in [0.1, 0.15) is 12.4 Å². The van der Waals surface area contributed by atoms with Crippen LogP contribution in [0.3, 0.4) is 0 Å². The number of carboxylic acids is 1. The minimum atomic E-state index is -0.772. The summed E-state index contributed by atoms with van der Waals surface area (Å²) in [5.41, 5.74) is 2.64. The van der Waals surface area contributed by atoms with E-state index in [2.05, 4.69) is 17.5 Å². The molecule has 100 valence electrons. The Morgan fingerprint density at radius 2 is 2.12 bits per heavy atom. The summed E-state index contributed by atoms with van der Waals surface area (Å²) in [5, 5.41) is 13.1. The van der Waals surface area contributed by atoms with Gasteiger partial charge in [-0.05, 0) is 13.3 Å². The molecule has 0 fully saturated rings. The maximum atomic E-state index is 11.2. The molecule has 0 aromatic carbocycles. The van der Waals surface area contributed by atoms with Crippen LogP contribution in [0.1, 0.15) is 46.0 Å². The number of nitrogens with one attached hydrogen (secondary N) is 1. The first kappa shape index (κ1) is 15.7. The van der Waals surface area contributed by atoms with Crippen LogP contribution in [0.25, 0.3) is 0 Å². The molecule has 0 saturated carbocycles. The quantitative estimate of drug-likeness (QED) is 0.266. The highest BCUT2D eigenvalue weighted by molar-refractivity contribution is 5.76. The lowest BCUT2D eigenvalue weighted by atomic mass is 10.1. The van der Waals surface area contributed by atoms with Gasteiger partial charge >= 0.3 is 5.97 Å². The zero-order valence-electron chi connectivity index (χ0n) is 11.1. The molecule has 5 heteroatoms. The summed E-state index contributed by atoms with van der Waals surface area (Å²) in [5.74, 6) is -0.772. The minimum Gasteiger partial charge on any atom is -0.480 e. The molecule has 0 spiro atoms. The Morgan fingerprint density at radius 3 is 2.59 bits per heavy atom. The molecule has 1 atom stereocenters. The maximum absolute atomic E-state index is 11.2. The lowest BCUT2D eigenvalue weighted by Gasteiger charge is -2.25. The van der Waals surface area contributed by atoms with Gasteiger partial charge in [-0.25, -0.2) is 4.79 Å². The summed E-state index contributed by atoms with van der Waals surface area (Å²) in [7, 11) is 1.70. The molecule has 17 heavy (non-hydrogen) atoms. The summed E-state index contributed by atoms with van der Waals surface area (Å²) in [4.78, 5) is 13.0. The Balaban J connectivity index is 4.27. The van der Waals surface area contributed by atoms with E-state index in [9.17, 15) is 9.90 Å². The van der Waals surface area contributed by atoms with Crippen molar-refractivity contribution in [3.05, 3.63) is 0 Å². The number of likely N-dealkylation sites (N-methyl/N-ethyl adjacent to an activating group) is 1. The molecule has 0 aliphatic heterocycles. The van der Waals surface area contributed by atoms with Crippen molar-refractivity contribution in [3.8, 4) is 0 Å². The third kappa shape index (κ3) is 6.81. The van der Waals surface area contributed by atoms with Crippen molar-refractivity contribution in [1.29, 1.82) is 0 Å². The van der Waals surface area contributed by atoms with E-state index in [-0.39, 0.29) is 0 Å². The van der Waals surface area contributed by atoms with Crippen LogP contribution in [0, 0.1) is 0 Å². The van der Waals surface area contributed by atoms with Gasteiger partial charge in [-0.15, -0.1) is 0 Å². The van der Waals surface area contributed by atoms with Crippen LogP contribution in [0.15, 0.2) is 5.10 Å². The lowest BCUT2D eigenvalue weighted by molar-refractivity contribution is -0.141. The van der Waals surface area contributed by atoms with Gasteiger partial charge in [0.15, 0.2) is 0 Å². The number of rotatable bonds is 10. The number of unbranched alkanes of at least 4 members (excludes halogenated alkanes) is 3. The molecule has 0 aliphatic carbocycles. The number of hydrazone groups is 1. The fraction of sp³-hybridized carbons (Fsp3) is 0.833. The SMILES string of the molecule is CCCCCCC(C(=O)O)N(/C=N\NC)CC. The third-order valence-electron chi connectivity index (χ3n) is 2.72. The molecule has 0 saturated heterocycles. The number of carboxylic acid groups (broad SMARTS) is 1. The number of hydrogen-bond acceptors (Lipinski definition) is 3. The van der Waals surface area contributed by atoms with E-state index in [4.69, 9.17) is 0 Å². The van der Waals surface area contributed by atoms with Crippen molar-refractivity contribution in [2.75, 3.05) is 13.6 Å². The molecule has 0 bridgehead atoms. The molecule has 0 aromatic heterocycles. The minimum absolute atomic E-state index is 0.464. The highest BCUT2D eigenvalue weighted by atomic mass is 16.4. The smallest absolute Gasteiger partial charge is 0.326 e. The second kappa shape index (κ2) is 9.93. The van der Waals surface area contributed by atoms with Crippen LogP contribution in [-0.2, 0) is 4.79 Å². The van der Waals surface area contributed by atoms with Crippen LogP contribution in [0.4, 0.5) is 0 Å². The zero-order valence-corrected chi connectivity index (χ0v) is 11.1. The molecule has 5 nitrogen and oxygen atoms in total. The summed E-state index contributed by atoms with van der Waals surface area (Å²) in [6, 6.07) is -0.464. The lowest BCUT2D eigenvalue weighted by Crippen LogP contribution is -2.40. The first-order valence-electron chi connectivity index (χ1n) is 6.35. The molecule has 1 unspecified atom stereocenters. The van der Waals surface area contributed by atoms with Crippen LogP contribution >= 0.6 is 0 Å². The standard InChI is InChI=1S/C12H25N3O2/c1-4-6-7-8-9-11(12(16)17)15(5-2)10-14-13-3/h10-11,13H,4-9H2,1-3H3,(H,16,17)/b14-10-. The molecule has 0 aromatic rings. The second-order valence-corrected chi connectivity index (χ2v) is 4.00. The first-order chi connectivity index (χ1) is 8.17. The highest BCUT2D eigenvalue weighted by Crippen LogP contribution is 2.10. The maximum Gasteiger partial charge on any atom is 0.326 e. The summed E-state index contributed by atoms with van der Waals surface area (Å²) in [6.07, 6.45) is 6.63. The molecule has 0 aliphatic rings. The van der Waals surface area contributed by atoms with Crippen molar-refractivity contribution in [2.24, 2.45) is 5.10 Å². The van der Waals surface area contributed by atoms with Gasteiger partial charge in [-0.1, -0.05) is 32.6 Å². The number of nitrogens with zero attached hydrogens (tertiary/aromatic N) is 2. The van der Waals surface area contributed by atoms with Crippen LogP contribution in [0.2, 0.25) is 0 Å². The summed E-state index contributed by atoms with van der Waals surface area (Å²) in [6.45, 7) is 4.73. The van der Waals surface area contributed by atoms with Gasteiger partial charge < -0.3 is 15.4 Å². The van der Waals surface area contributed by atoms with E-state index in [1.165, 1.54) is 6.42 Å². The molecule has 0 rings (SSSR count). The van der Waals surface area contributed by atoms with E-state index >= 15 is 0 Å². The largest absolute Gasteiger partial charge is 0.480 e. The van der Waals surface area contributed by atoms with Crippen molar-refractivity contribution >= 4 is 12.3 Å². The molecule has 0 heterocycles. The van der Waals surface area contributed by atoms with Crippen LogP contribution < -0.4 is 5.43 Å². The Kier molecular flexibility index (Phi) is 9.19. The van der Waals surface area contributed by atoms with E-state index in [1.807, 2.05) is 6.92 Å². The van der Waals surface area contributed by atoms with Gasteiger partial charge in [0.05, 0.1) is 0 Å². The number of carbonyl (C=O) groups is 1. The Bertz CT molecular complexity index is 232. The van der Waals surface area contributed by atoms with E-state index in [0.717, 1.165) is 19.3 Å². The highest BCUT2D eigenvalue weighted by Gasteiger charge is 2.21. The van der Waals surface area contributed by atoms with Gasteiger partial charge in [-0.3, -0.25) is 0 Å². The topological polar surface area (TPSA) is 64.9 Å². The van der Waals surface area contributed by atoms with Crippen molar-refractivity contribution in [3.63, 3.8) is 0 Å². The van der Waals surface area contributed by atoms with Gasteiger partial charge in [0.2, 0.25) is 0 Å². The van der Waals surface area contributed by atoms with Gasteiger partial charge in [0, 0.05) is 13.6 Å². The Hall–Kier alpha value is -1.26. The van der Waals surface area contributed by atoms with Crippen molar-refractivity contribution < 1.29 is 9.90 Å². The zero-order chi connectivity index (χ0) is 13.1. The molecular weight excluding hydrogens is 218 g/mol. The first-order valence-corrected chi connectivity index (χ1v) is 6.35. The van der Waals surface area contributed by atoms with Crippen LogP contribution in [0.5, 0.6) is 0 Å². The molecule has 2 N–H and O–H groups in total. The average molecular weight is 243 g/mol. The predicted octanol–water partition coefficient (Wildman–Crippen LogP) is 1.89. The summed E-state index contributed by atoms with van der Waals surface area (Å²) < 4.78 is 0. The fourth-order valence-corrected chi connectivity index (χ4v) is 1.71. The van der Waals surface area contributed by atoms with Crippen molar-refractivity contribution in [2.45, 2.75) is 52.0 Å². The predicted molar refractivity (Wildman–Crippen MR) is 70.1 cm³/mol. The normalized spacial score (nSPS) is 12.6. The van der Waals surface area contributed by atoms with Gasteiger partial charge in [-0.2, -0.15) is 5.10 Å². The van der Waals surface area contributed by atoms with E-state index in [0.29, 0.717) is 13.0 Å². The summed E-state index contributed by atoms with van der Waals surface area (Å²) >= 11 is 0. The van der Waals surface area contributed by atoms with E-state index < -0.39 is 12.0 Å². The molecule has 0 radical (unpaired) electrons. The fourth-order valence-electron chi connectivity index (χ4n) is 1.71. The Morgan fingerprint density at radius 1 is 1.41 bits per heavy atom. The number of aliphatic carboxylic acids is 1. The van der Waals surface area contributed by atoms with Crippen molar-refractivity contribution in [1.82, 2.24) is 10.3 Å². The Labute approximate surface area is 104 Å². The molecular formula is C12H25N3O2. The second-order valence-electron chi connectivity index (χ2n) is 4.00. The molecule has 0 amide bonds. The number of hydrogen-bond donors (Lipinski definition) is 2.